The van der Waals surface area contributed by atoms with E-state index in [0.717, 1.165) is 15.7 Å². The van der Waals surface area contributed by atoms with Crippen molar-refractivity contribution in [2.75, 3.05) is 19.1 Å². The van der Waals surface area contributed by atoms with Gasteiger partial charge >= 0.3 is 0 Å². The maximum absolute atomic E-state index is 5.67. The van der Waals surface area contributed by atoms with Crippen LogP contribution in [0.25, 0.3) is 0 Å². The van der Waals surface area contributed by atoms with Gasteiger partial charge in [0.2, 0.25) is 0 Å². The van der Waals surface area contributed by atoms with E-state index in [1.54, 1.807) is 18.4 Å². The van der Waals surface area contributed by atoms with Gasteiger partial charge in [-0.2, -0.15) is 0 Å². The van der Waals surface area contributed by atoms with Crippen molar-refractivity contribution in [1.82, 2.24) is 4.98 Å². The minimum atomic E-state index is 0.442. The minimum Gasteiger partial charge on any atom is -0.378 e. The summed E-state index contributed by atoms with van der Waals surface area (Å²) in [4.78, 5) is 7.78. The molecule has 1 aromatic heterocycles. The topological polar surface area (TPSA) is 51.4 Å². The molecule has 0 spiro atoms. The average molecular weight is 229 g/mol. The summed E-state index contributed by atoms with van der Waals surface area (Å²) in [5.74, 6) is 0. The van der Waals surface area contributed by atoms with Crippen LogP contribution in [0.1, 0.15) is 24.4 Å². The molecular formula is C10H19N3OS. The summed E-state index contributed by atoms with van der Waals surface area (Å²) in [6, 6.07) is 0.442. The van der Waals surface area contributed by atoms with Gasteiger partial charge in [0.1, 0.15) is 0 Å². The third-order valence-electron chi connectivity index (χ3n) is 2.31. The monoisotopic (exact) mass is 229 g/mol. The second-order valence-corrected chi connectivity index (χ2v) is 4.77. The Bertz CT molecular complexity index is 312. The molecule has 0 aliphatic rings. The van der Waals surface area contributed by atoms with Crippen LogP contribution in [0.3, 0.4) is 0 Å². The number of methoxy groups -OCH3 is 1. The van der Waals surface area contributed by atoms with Crippen LogP contribution in [-0.2, 0) is 17.9 Å². The molecule has 0 aromatic carbocycles. The van der Waals surface area contributed by atoms with Crippen LogP contribution in [0.4, 0.5) is 5.13 Å². The summed E-state index contributed by atoms with van der Waals surface area (Å²) in [6.07, 6.45) is 0. The molecule has 0 atom stereocenters. The van der Waals surface area contributed by atoms with Gasteiger partial charge in [0.05, 0.1) is 12.3 Å². The van der Waals surface area contributed by atoms with Gasteiger partial charge in [-0.05, 0) is 13.8 Å². The summed E-state index contributed by atoms with van der Waals surface area (Å²) in [6.45, 7) is 5.34. The highest BCUT2D eigenvalue weighted by Gasteiger charge is 2.14. The van der Waals surface area contributed by atoms with E-state index in [1.165, 1.54) is 0 Å². The van der Waals surface area contributed by atoms with Gasteiger partial charge in [0, 0.05) is 31.6 Å². The lowest BCUT2D eigenvalue weighted by Gasteiger charge is -2.19. The minimum absolute atomic E-state index is 0.442. The van der Waals surface area contributed by atoms with Gasteiger partial charge in [0.15, 0.2) is 5.13 Å². The van der Waals surface area contributed by atoms with Crippen molar-refractivity contribution in [3.8, 4) is 0 Å². The van der Waals surface area contributed by atoms with Crippen molar-refractivity contribution >= 4 is 16.5 Å². The quantitative estimate of drug-likeness (QED) is 0.833. The molecule has 1 heterocycles. The number of nitrogens with zero attached hydrogens (tertiary/aromatic N) is 2. The zero-order valence-corrected chi connectivity index (χ0v) is 10.6. The highest BCUT2D eigenvalue weighted by molar-refractivity contribution is 7.15. The first-order valence-corrected chi connectivity index (χ1v) is 5.82. The van der Waals surface area contributed by atoms with E-state index in [4.69, 9.17) is 10.5 Å². The summed E-state index contributed by atoms with van der Waals surface area (Å²) < 4.78 is 5.09. The van der Waals surface area contributed by atoms with E-state index in [2.05, 4.69) is 23.7 Å². The van der Waals surface area contributed by atoms with Crippen LogP contribution in [0.2, 0.25) is 0 Å². The van der Waals surface area contributed by atoms with E-state index in [1.807, 2.05) is 7.05 Å². The lowest BCUT2D eigenvalue weighted by atomic mass is 10.3. The Labute approximate surface area is 95.1 Å². The normalized spacial score (nSPS) is 11.1. The van der Waals surface area contributed by atoms with Crippen molar-refractivity contribution in [2.45, 2.75) is 33.0 Å². The number of aromatic nitrogens is 1. The fourth-order valence-electron chi connectivity index (χ4n) is 1.15. The standard InChI is InChI=1S/C10H19N3OS/c1-7(2)13(3)10-12-8(6-14-4)9(5-11)15-10/h7H,5-6,11H2,1-4H3. The molecule has 0 radical (unpaired) electrons. The molecule has 0 saturated heterocycles. The molecule has 1 aromatic rings. The Morgan fingerprint density at radius 3 is 2.67 bits per heavy atom. The second-order valence-electron chi connectivity index (χ2n) is 3.71. The highest BCUT2D eigenvalue weighted by atomic mass is 32.1. The smallest absolute Gasteiger partial charge is 0.185 e. The van der Waals surface area contributed by atoms with Crippen LogP contribution >= 0.6 is 11.3 Å². The molecule has 4 nitrogen and oxygen atoms in total. The molecule has 86 valence electrons. The maximum Gasteiger partial charge on any atom is 0.185 e. The number of hydrogen-bond donors (Lipinski definition) is 1. The van der Waals surface area contributed by atoms with Gasteiger partial charge in [-0.3, -0.25) is 0 Å². The lowest BCUT2D eigenvalue weighted by molar-refractivity contribution is 0.181. The molecule has 15 heavy (non-hydrogen) atoms. The van der Waals surface area contributed by atoms with Gasteiger partial charge in [-0.25, -0.2) is 4.98 Å². The molecule has 0 fully saturated rings. The average Bonchev–Trinajstić information content (AvgIpc) is 2.60. The number of hydrogen-bond acceptors (Lipinski definition) is 5. The van der Waals surface area contributed by atoms with Gasteiger partial charge < -0.3 is 15.4 Å². The summed E-state index contributed by atoms with van der Waals surface area (Å²) >= 11 is 1.65. The molecule has 0 bridgehead atoms. The van der Waals surface area contributed by atoms with Gasteiger partial charge in [-0.1, -0.05) is 0 Å². The van der Waals surface area contributed by atoms with Crippen LogP contribution in [-0.4, -0.2) is 25.2 Å². The lowest BCUT2D eigenvalue weighted by Crippen LogP contribution is -2.25. The first-order valence-electron chi connectivity index (χ1n) is 5.00. The van der Waals surface area contributed by atoms with E-state index in [-0.39, 0.29) is 0 Å². The Kier molecular flexibility index (Phi) is 4.50. The number of nitrogens with two attached hydrogens (primary N) is 1. The molecule has 0 aliphatic heterocycles. The number of thiazole rings is 1. The summed E-state index contributed by atoms with van der Waals surface area (Å²) in [7, 11) is 3.71. The zero-order valence-electron chi connectivity index (χ0n) is 9.78. The Balaban J connectivity index is 2.91. The third-order valence-corrected chi connectivity index (χ3v) is 3.52. The van der Waals surface area contributed by atoms with Crippen molar-refractivity contribution in [2.24, 2.45) is 5.73 Å². The van der Waals surface area contributed by atoms with E-state index in [9.17, 15) is 0 Å². The Hall–Kier alpha value is -0.650. The number of anilines is 1. The van der Waals surface area contributed by atoms with Crippen molar-refractivity contribution in [3.63, 3.8) is 0 Å². The summed E-state index contributed by atoms with van der Waals surface area (Å²) in [5.41, 5.74) is 6.63. The molecule has 0 saturated carbocycles. The second kappa shape index (κ2) is 5.44. The first kappa shape index (κ1) is 12.4. The zero-order chi connectivity index (χ0) is 11.4. The van der Waals surface area contributed by atoms with E-state index in [0.29, 0.717) is 19.2 Å². The fraction of sp³-hybridized carbons (Fsp3) is 0.700. The van der Waals surface area contributed by atoms with Gasteiger partial charge in [0.25, 0.3) is 0 Å². The van der Waals surface area contributed by atoms with Crippen LogP contribution in [0.5, 0.6) is 0 Å². The molecule has 0 aliphatic carbocycles. The molecule has 2 N–H and O–H groups in total. The van der Waals surface area contributed by atoms with E-state index < -0.39 is 0 Å². The third kappa shape index (κ3) is 2.90. The Morgan fingerprint density at radius 1 is 1.53 bits per heavy atom. The number of rotatable bonds is 5. The maximum atomic E-state index is 5.67. The predicted molar refractivity (Wildman–Crippen MR) is 64.3 cm³/mol. The van der Waals surface area contributed by atoms with Crippen LogP contribution in [0.15, 0.2) is 0 Å². The molecular weight excluding hydrogens is 210 g/mol. The highest BCUT2D eigenvalue weighted by Crippen LogP contribution is 2.26. The van der Waals surface area contributed by atoms with Crippen LogP contribution < -0.4 is 10.6 Å². The fourth-order valence-corrected chi connectivity index (χ4v) is 2.19. The van der Waals surface area contributed by atoms with Crippen LogP contribution in [0, 0.1) is 0 Å². The van der Waals surface area contributed by atoms with Gasteiger partial charge in [-0.15, -0.1) is 11.3 Å². The largest absolute Gasteiger partial charge is 0.378 e. The van der Waals surface area contributed by atoms with Crippen molar-refractivity contribution in [1.29, 1.82) is 0 Å². The number of ether oxygens (including phenoxy) is 1. The Morgan fingerprint density at radius 2 is 2.20 bits per heavy atom. The molecule has 5 heteroatoms. The molecule has 1 rings (SSSR count). The molecule has 0 amide bonds. The van der Waals surface area contributed by atoms with E-state index >= 15 is 0 Å². The predicted octanol–water partition coefficient (Wildman–Crippen LogP) is 1.59. The summed E-state index contributed by atoms with van der Waals surface area (Å²) in [5, 5.41) is 1.01. The van der Waals surface area contributed by atoms with Crippen molar-refractivity contribution < 1.29 is 4.74 Å². The molecule has 0 unspecified atom stereocenters. The van der Waals surface area contributed by atoms with Crippen molar-refractivity contribution in [3.05, 3.63) is 10.6 Å². The first-order chi connectivity index (χ1) is 7.10. The SMILES string of the molecule is COCc1nc(N(C)C(C)C)sc1CN.